The van der Waals surface area contributed by atoms with Gasteiger partial charge in [-0.3, -0.25) is 0 Å². The van der Waals surface area contributed by atoms with Crippen molar-refractivity contribution in [3.05, 3.63) is 38.7 Å². The van der Waals surface area contributed by atoms with Gasteiger partial charge in [-0.25, -0.2) is 13.1 Å². The topological polar surface area (TPSA) is 66.4 Å². The first kappa shape index (κ1) is 14.7. The summed E-state index contributed by atoms with van der Waals surface area (Å²) in [4.78, 5) is 1.63. The van der Waals surface area contributed by atoms with Crippen molar-refractivity contribution in [2.45, 2.75) is 30.9 Å². The maximum atomic E-state index is 12.3. The lowest BCUT2D eigenvalue weighted by Crippen LogP contribution is -2.28. The zero-order chi connectivity index (χ0) is 13.9. The molecule has 0 saturated heterocycles. The predicted octanol–water partition coefficient (Wildman–Crippen LogP) is 2.73. The molecule has 2 rings (SSSR count). The Hall–Kier alpha value is -0.730. The summed E-state index contributed by atoms with van der Waals surface area (Å²) < 4.78 is 27.4. The summed E-state index contributed by atoms with van der Waals surface area (Å²) in [5.41, 5.74) is 0. The van der Waals surface area contributed by atoms with Gasteiger partial charge in [0.1, 0.15) is 0 Å². The van der Waals surface area contributed by atoms with Gasteiger partial charge in [0, 0.05) is 9.75 Å². The molecular weight excluding hydrogens is 302 g/mol. The second-order valence-corrected chi connectivity index (χ2v) is 7.63. The van der Waals surface area contributed by atoms with Crippen molar-refractivity contribution >= 4 is 32.7 Å². The van der Waals surface area contributed by atoms with Gasteiger partial charge in [0.2, 0.25) is 10.0 Å². The molecule has 0 aliphatic heterocycles. The Labute approximate surface area is 120 Å². The highest BCUT2D eigenvalue weighted by atomic mass is 32.2. The van der Waals surface area contributed by atoms with Gasteiger partial charge in [-0.1, -0.05) is 13.0 Å². The van der Waals surface area contributed by atoms with Crippen LogP contribution in [0.3, 0.4) is 0 Å². The molecule has 0 radical (unpaired) electrons. The molecule has 0 aliphatic rings. The standard InChI is InChI=1S/C12H15NO3S3/c1-2-9(10-4-3-6-17-10)13-19(15,16)12-5-7-18-11(12)8-14/h3-7,9,13-14H,2,8H2,1H3. The summed E-state index contributed by atoms with van der Waals surface area (Å²) in [6, 6.07) is 5.12. The molecule has 19 heavy (non-hydrogen) atoms. The third kappa shape index (κ3) is 3.24. The van der Waals surface area contributed by atoms with E-state index in [9.17, 15) is 8.42 Å². The van der Waals surface area contributed by atoms with Gasteiger partial charge in [0.25, 0.3) is 0 Å². The van der Waals surface area contributed by atoms with Crippen molar-refractivity contribution in [3.8, 4) is 0 Å². The SMILES string of the molecule is CCC(NS(=O)(=O)c1ccsc1CO)c1cccs1. The normalized spacial score (nSPS) is 13.6. The molecule has 1 unspecified atom stereocenters. The first-order valence-corrected chi connectivity index (χ1v) is 9.05. The number of thiophene rings is 2. The average molecular weight is 317 g/mol. The number of hydrogen-bond donors (Lipinski definition) is 2. The third-order valence-electron chi connectivity index (χ3n) is 2.73. The van der Waals surface area contributed by atoms with E-state index in [1.54, 1.807) is 5.38 Å². The second-order valence-electron chi connectivity index (χ2n) is 3.96. The number of sulfonamides is 1. The zero-order valence-corrected chi connectivity index (χ0v) is 12.8. The summed E-state index contributed by atoms with van der Waals surface area (Å²) in [5.74, 6) is 0. The molecule has 4 nitrogen and oxygen atoms in total. The quantitative estimate of drug-likeness (QED) is 0.861. The fraction of sp³-hybridized carbons (Fsp3) is 0.333. The van der Waals surface area contributed by atoms with Crippen molar-refractivity contribution in [2.24, 2.45) is 0 Å². The lowest BCUT2D eigenvalue weighted by molar-refractivity contribution is 0.282. The second kappa shape index (κ2) is 6.15. The molecule has 1 atom stereocenters. The minimum absolute atomic E-state index is 0.176. The Morgan fingerprint density at radius 1 is 1.32 bits per heavy atom. The van der Waals surface area contributed by atoms with E-state index < -0.39 is 10.0 Å². The van der Waals surface area contributed by atoms with E-state index in [4.69, 9.17) is 5.11 Å². The van der Waals surface area contributed by atoms with Crippen LogP contribution in [0.1, 0.15) is 29.1 Å². The van der Waals surface area contributed by atoms with E-state index in [-0.39, 0.29) is 17.5 Å². The number of hydrogen-bond acceptors (Lipinski definition) is 5. The number of aliphatic hydroxyl groups excluding tert-OH is 1. The molecule has 0 fully saturated rings. The average Bonchev–Trinajstić information content (AvgIpc) is 3.06. The van der Waals surface area contributed by atoms with Gasteiger partial charge in [-0.2, -0.15) is 0 Å². The number of aliphatic hydroxyl groups is 1. The molecule has 0 saturated carbocycles. The van der Waals surface area contributed by atoms with Gasteiger partial charge >= 0.3 is 0 Å². The van der Waals surface area contributed by atoms with E-state index >= 15 is 0 Å². The molecule has 0 spiro atoms. The molecule has 2 aromatic rings. The lowest BCUT2D eigenvalue weighted by atomic mass is 10.2. The van der Waals surface area contributed by atoms with E-state index in [0.717, 1.165) is 4.88 Å². The monoisotopic (exact) mass is 317 g/mol. The van der Waals surface area contributed by atoms with Gasteiger partial charge in [-0.15, -0.1) is 22.7 Å². The van der Waals surface area contributed by atoms with E-state index in [1.807, 2.05) is 24.4 Å². The highest BCUT2D eigenvalue weighted by Crippen LogP contribution is 2.27. The Balaban J connectivity index is 2.26. The molecule has 7 heteroatoms. The number of nitrogens with one attached hydrogen (secondary N) is 1. The van der Waals surface area contributed by atoms with Crippen LogP contribution in [-0.2, 0) is 16.6 Å². The first-order chi connectivity index (χ1) is 9.08. The number of rotatable bonds is 6. The van der Waals surface area contributed by atoms with Crippen LogP contribution >= 0.6 is 22.7 Å². The highest BCUT2D eigenvalue weighted by molar-refractivity contribution is 7.89. The molecule has 0 aromatic carbocycles. The highest BCUT2D eigenvalue weighted by Gasteiger charge is 2.23. The summed E-state index contributed by atoms with van der Waals surface area (Å²) in [7, 11) is -3.59. The molecule has 0 aliphatic carbocycles. The van der Waals surface area contributed by atoms with Gasteiger partial charge in [-0.05, 0) is 29.3 Å². The molecule has 104 valence electrons. The minimum Gasteiger partial charge on any atom is -0.391 e. The first-order valence-electron chi connectivity index (χ1n) is 5.81. The van der Waals surface area contributed by atoms with E-state index in [2.05, 4.69) is 4.72 Å². The maximum Gasteiger partial charge on any atom is 0.242 e. The van der Waals surface area contributed by atoms with Gasteiger partial charge in [0.05, 0.1) is 17.5 Å². The minimum atomic E-state index is -3.59. The molecule has 2 heterocycles. The summed E-state index contributed by atoms with van der Waals surface area (Å²) in [5, 5.41) is 12.8. The maximum absolute atomic E-state index is 12.3. The summed E-state index contributed by atoms with van der Waals surface area (Å²) in [6.45, 7) is 1.68. The molecule has 2 N–H and O–H groups in total. The van der Waals surface area contributed by atoms with Crippen LogP contribution in [0.15, 0.2) is 33.9 Å². The van der Waals surface area contributed by atoms with Crippen LogP contribution in [0.2, 0.25) is 0 Å². The molecule has 0 bridgehead atoms. The largest absolute Gasteiger partial charge is 0.391 e. The van der Waals surface area contributed by atoms with Gasteiger partial charge < -0.3 is 5.11 Å². The van der Waals surface area contributed by atoms with Crippen molar-refractivity contribution in [3.63, 3.8) is 0 Å². The van der Waals surface area contributed by atoms with Crippen LogP contribution in [0.5, 0.6) is 0 Å². The molecule has 2 aromatic heterocycles. The summed E-state index contributed by atoms with van der Waals surface area (Å²) in [6.07, 6.45) is 0.679. The Kier molecular flexibility index (Phi) is 4.75. The molecule has 0 amide bonds. The van der Waals surface area contributed by atoms with E-state index in [1.165, 1.54) is 28.7 Å². The van der Waals surface area contributed by atoms with Gasteiger partial charge in [0.15, 0.2) is 0 Å². The fourth-order valence-corrected chi connectivity index (χ4v) is 5.30. The van der Waals surface area contributed by atoms with Crippen LogP contribution in [-0.4, -0.2) is 13.5 Å². The van der Waals surface area contributed by atoms with Crippen LogP contribution in [0.4, 0.5) is 0 Å². The lowest BCUT2D eigenvalue weighted by Gasteiger charge is -2.15. The third-order valence-corrected chi connectivity index (χ3v) is 6.31. The zero-order valence-electron chi connectivity index (χ0n) is 10.4. The van der Waals surface area contributed by atoms with Crippen LogP contribution in [0, 0.1) is 0 Å². The fourth-order valence-electron chi connectivity index (χ4n) is 1.77. The van der Waals surface area contributed by atoms with E-state index in [0.29, 0.717) is 11.3 Å². The molecular formula is C12H15NO3S3. The van der Waals surface area contributed by atoms with Crippen LogP contribution < -0.4 is 4.72 Å². The van der Waals surface area contributed by atoms with Crippen molar-refractivity contribution in [2.75, 3.05) is 0 Å². The van der Waals surface area contributed by atoms with Crippen molar-refractivity contribution < 1.29 is 13.5 Å². The van der Waals surface area contributed by atoms with Crippen LogP contribution in [0.25, 0.3) is 0 Å². The van der Waals surface area contributed by atoms with Crippen molar-refractivity contribution in [1.82, 2.24) is 4.72 Å². The smallest absolute Gasteiger partial charge is 0.242 e. The van der Waals surface area contributed by atoms with Crippen molar-refractivity contribution in [1.29, 1.82) is 0 Å². The predicted molar refractivity (Wildman–Crippen MR) is 77.9 cm³/mol. The Bertz CT molecular complexity index is 616. The summed E-state index contributed by atoms with van der Waals surface area (Å²) >= 11 is 2.77. The Morgan fingerprint density at radius 2 is 2.11 bits per heavy atom. The Morgan fingerprint density at radius 3 is 2.68 bits per heavy atom.